The number of carbonyl (C=O) groups excluding carboxylic acids is 1. The molecule has 1 aromatic rings. The second-order valence-corrected chi connectivity index (χ2v) is 4.39. The molecule has 1 rings (SSSR count). The number of carbonyl (C=O) groups is 1. The Kier molecular flexibility index (Phi) is 5.62. The lowest BCUT2D eigenvalue weighted by Crippen LogP contribution is -2.06. The lowest BCUT2D eigenvalue weighted by Gasteiger charge is -2.06. The van der Waals surface area contributed by atoms with Gasteiger partial charge in [0.25, 0.3) is 0 Å². The first-order valence-corrected chi connectivity index (χ1v) is 5.92. The maximum absolute atomic E-state index is 11.5. The van der Waals surface area contributed by atoms with Crippen molar-refractivity contribution in [2.75, 3.05) is 6.61 Å². The van der Waals surface area contributed by atoms with Gasteiger partial charge >= 0.3 is 5.97 Å². The summed E-state index contributed by atoms with van der Waals surface area (Å²) in [7, 11) is 0. The van der Waals surface area contributed by atoms with Gasteiger partial charge < -0.3 is 4.74 Å². The fourth-order valence-corrected chi connectivity index (χ4v) is 1.48. The first kappa shape index (κ1) is 12.8. The highest BCUT2D eigenvalue weighted by atomic mass is 16.5. The molecule has 0 saturated carbocycles. The van der Waals surface area contributed by atoms with E-state index in [-0.39, 0.29) is 5.97 Å². The highest BCUT2D eigenvalue weighted by Gasteiger charge is 2.04. The summed E-state index contributed by atoms with van der Waals surface area (Å²) in [5.41, 5.74) is 0.631. The van der Waals surface area contributed by atoms with E-state index < -0.39 is 0 Å². The summed E-state index contributed by atoms with van der Waals surface area (Å²) in [5.74, 6) is 0.509. The number of hydrogen-bond donors (Lipinski definition) is 0. The van der Waals surface area contributed by atoms with Crippen LogP contribution in [0.25, 0.3) is 0 Å². The second kappa shape index (κ2) is 7.04. The summed E-state index contributed by atoms with van der Waals surface area (Å²) in [6.07, 6.45) is 3.28. The highest BCUT2D eigenvalue weighted by molar-refractivity contribution is 5.89. The van der Waals surface area contributed by atoms with Crippen LogP contribution in [0.15, 0.2) is 30.3 Å². The standard InChI is InChI=1S/C14H20O2/c1-12(2)8-6-7-11-16-14(15)13-9-4-3-5-10-13/h3-5,9-10,12H,6-8,11H2,1-2H3. The van der Waals surface area contributed by atoms with Crippen LogP contribution in [0.2, 0.25) is 0 Å². The van der Waals surface area contributed by atoms with E-state index in [0.29, 0.717) is 12.2 Å². The Morgan fingerprint density at radius 2 is 1.88 bits per heavy atom. The van der Waals surface area contributed by atoms with Crippen molar-refractivity contribution >= 4 is 5.97 Å². The average molecular weight is 220 g/mol. The zero-order valence-corrected chi connectivity index (χ0v) is 10.1. The fourth-order valence-electron chi connectivity index (χ4n) is 1.48. The number of ether oxygens (including phenoxy) is 1. The third-order valence-electron chi connectivity index (χ3n) is 2.42. The molecule has 88 valence electrons. The van der Waals surface area contributed by atoms with Gasteiger partial charge in [0.2, 0.25) is 0 Å². The Bertz CT molecular complexity index is 304. The van der Waals surface area contributed by atoms with Gasteiger partial charge in [-0.25, -0.2) is 4.79 Å². The monoisotopic (exact) mass is 220 g/mol. The van der Waals surface area contributed by atoms with Crippen LogP contribution in [0.4, 0.5) is 0 Å². The fraction of sp³-hybridized carbons (Fsp3) is 0.500. The summed E-state index contributed by atoms with van der Waals surface area (Å²) in [4.78, 5) is 11.5. The molecule has 2 nitrogen and oxygen atoms in total. The summed E-state index contributed by atoms with van der Waals surface area (Å²) in [5, 5.41) is 0. The minimum atomic E-state index is -0.217. The van der Waals surface area contributed by atoms with E-state index in [9.17, 15) is 4.79 Å². The molecule has 16 heavy (non-hydrogen) atoms. The van der Waals surface area contributed by atoms with Crippen LogP contribution in [-0.4, -0.2) is 12.6 Å². The topological polar surface area (TPSA) is 26.3 Å². The average Bonchev–Trinajstić information content (AvgIpc) is 2.29. The van der Waals surface area contributed by atoms with Gasteiger partial charge in [-0.2, -0.15) is 0 Å². The third-order valence-corrected chi connectivity index (χ3v) is 2.42. The minimum absolute atomic E-state index is 0.217. The zero-order chi connectivity index (χ0) is 11.8. The molecule has 1 aromatic carbocycles. The molecule has 0 amide bonds. The summed E-state index contributed by atoms with van der Waals surface area (Å²) < 4.78 is 5.17. The van der Waals surface area contributed by atoms with Gasteiger partial charge in [0.1, 0.15) is 0 Å². The largest absolute Gasteiger partial charge is 0.462 e. The highest BCUT2D eigenvalue weighted by Crippen LogP contribution is 2.07. The SMILES string of the molecule is CC(C)CCCCOC(=O)c1ccccc1. The molecule has 0 saturated heterocycles. The zero-order valence-electron chi connectivity index (χ0n) is 10.1. The van der Waals surface area contributed by atoms with Crippen molar-refractivity contribution in [2.24, 2.45) is 5.92 Å². The molecular weight excluding hydrogens is 200 g/mol. The van der Waals surface area contributed by atoms with Crippen molar-refractivity contribution in [3.8, 4) is 0 Å². The second-order valence-electron chi connectivity index (χ2n) is 4.39. The molecule has 0 aliphatic carbocycles. The van der Waals surface area contributed by atoms with Crippen LogP contribution >= 0.6 is 0 Å². The van der Waals surface area contributed by atoms with Crippen LogP contribution in [-0.2, 0) is 4.74 Å². The predicted molar refractivity (Wildman–Crippen MR) is 65.4 cm³/mol. The molecule has 0 N–H and O–H groups in total. The molecule has 0 fully saturated rings. The smallest absolute Gasteiger partial charge is 0.338 e. The Balaban J connectivity index is 2.16. The van der Waals surface area contributed by atoms with Gasteiger partial charge in [-0.05, 0) is 30.9 Å². The van der Waals surface area contributed by atoms with E-state index in [0.717, 1.165) is 18.8 Å². The molecule has 0 radical (unpaired) electrons. The van der Waals surface area contributed by atoms with E-state index in [2.05, 4.69) is 13.8 Å². The van der Waals surface area contributed by atoms with Crippen LogP contribution in [0.1, 0.15) is 43.5 Å². The van der Waals surface area contributed by atoms with E-state index in [1.54, 1.807) is 12.1 Å². The molecule has 0 atom stereocenters. The van der Waals surface area contributed by atoms with Crippen LogP contribution in [0, 0.1) is 5.92 Å². The number of unbranched alkanes of at least 4 members (excludes halogenated alkanes) is 1. The predicted octanol–water partition coefficient (Wildman–Crippen LogP) is 3.67. The number of esters is 1. The third kappa shape index (κ3) is 4.96. The van der Waals surface area contributed by atoms with Crippen molar-refractivity contribution in [3.05, 3.63) is 35.9 Å². The van der Waals surface area contributed by atoms with Crippen LogP contribution in [0.3, 0.4) is 0 Å². The summed E-state index contributed by atoms with van der Waals surface area (Å²) in [6.45, 7) is 4.94. The van der Waals surface area contributed by atoms with Gasteiger partial charge in [0.05, 0.1) is 12.2 Å². The quantitative estimate of drug-likeness (QED) is 0.540. The molecule has 0 spiro atoms. The number of benzene rings is 1. The van der Waals surface area contributed by atoms with Gasteiger partial charge in [-0.3, -0.25) is 0 Å². The summed E-state index contributed by atoms with van der Waals surface area (Å²) in [6, 6.07) is 9.12. The van der Waals surface area contributed by atoms with Crippen LogP contribution < -0.4 is 0 Å². The normalized spacial score (nSPS) is 10.4. The molecule has 0 aliphatic rings. The van der Waals surface area contributed by atoms with Crippen molar-refractivity contribution in [1.29, 1.82) is 0 Å². The van der Waals surface area contributed by atoms with E-state index in [1.165, 1.54) is 6.42 Å². The lowest BCUT2D eigenvalue weighted by molar-refractivity contribution is 0.0497. The minimum Gasteiger partial charge on any atom is -0.462 e. The van der Waals surface area contributed by atoms with E-state index >= 15 is 0 Å². The maximum atomic E-state index is 11.5. The van der Waals surface area contributed by atoms with Crippen molar-refractivity contribution in [1.82, 2.24) is 0 Å². The molecule has 0 unspecified atom stereocenters. The molecule has 0 bridgehead atoms. The van der Waals surface area contributed by atoms with Crippen LogP contribution in [0.5, 0.6) is 0 Å². The van der Waals surface area contributed by atoms with Gasteiger partial charge in [-0.1, -0.05) is 38.5 Å². The van der Waals surface area contributed by atoms with Gasteiger partial charge in [0, 0.05) is 0 Å². The van der Waals surface area contributed by atoms with Gasteiger partial charge in [0.15, 0.2) is 0 Å². The first-order valence-electron chi connectivity index (χ1n) is 5.92. The molecule has 0 aliphatic heterocycles. The number of hydrogen-bond acceptors (Lipinski definition) is 2. The Morgan fingerprint density at radius 3 is 2.50 bits per heavy atom. The Labute approximate surface area is 97.6 Å². The molecule has 2 heteroatoms. The number of rotatable bonds is 6. The maximum Gasteiger partial charge on any atom is 0.338 e. The van der Waals surface area contributed by atoms with E-state index in [4.69, 9.17) is 4.74 Å². The Morgan fingerprint density at radius 1 is 1.19 bits per heavy atom. The first-order chi connectivity index (χ1) is 7.70. The van der Waals surface area contributed by atoms with Crippen molar-refractivity contribution in [2.45, 2.75) is 33.1 Å². The van der Waals surface area contributed by atoms with E-state index in [1.807, 2.05) is 18.2 Å². The molecule has 0 aromatic heterocycles. The van der Waals surface area contributed by atoms with Gasteiger partial charge in [-0.15, -0.1) is 0 Å². The van der Waals surface area contributed by atoms with Crippen molar-refractivity contribution < 1.29 is 9.53 Å². The lowest BCUT2D eigenvalue weighted by atomic mass is 10.1. The Hall–Kier alpha value is -1.31. The molecule has 0 heterocycles. The molecular formula is C14H20O2. The van der Waals surface area contributed by atoms with Crippen molar-refractivity contribution in [3.63, 3.8) is 0 Å². The summed E-state index contributed by atoms with van der Waals surface area (Å²) >= 11 is 0.